The first kappa shape index (κ1) is 15.2. The van der Waals surface area contributed by atoms with Crippen LogP contribution in [0.5, 0.6) is 0 Å². The Hall–Kier alpha value is -1.73. The number of anilines is 3. The predicted octanol–water partition coefficient (Wildman–Crippen LogP) is 2.44. The summed E-state index contributed by atoms with van der Waals surface area (Å²) in [6, 6.07) is 6.05. The van der Waals surface area contributed by atoms with E-state index in [4.69, 9.17) is 0 Å². The van der Waals surface area contributed by atoms with E-state index in [9.17, 15) is 0 Å². The van der Waals surface area contributed by atoms with Gasteiger partial charge in [0.05, 0.1) is 6.20 Å². The molecule has 0 radical (unpaired) electrons. The molecule has 1 aliphatic heterocycles. The molecule has 0 amide bonds. The van der Waals surface area contributed by atoms with E-state index in [2.05, 4.69) is 66.3 Å². The van der Waals surface area contributed by atoms with Gasteiger partial charge in [-0.15, -0.1) is 5.10 Å². The van der Waals surface area contributed by atoms with Gasteiger partial charge in [0.25, 0.3) is 0 Å². The molecule has 0 bridgehead atoms. The molecule has 1 aliphatic rings. The molecule has 0 unspecified atom stereocenters. The minimum Gasteiger partial charge on any atom is -0.353 e. The van der Waals surface area contributed by atoms with E-state index in [1.165, 1.54) is 0 Å². The smallest absolute Gasteiger partial charge is 0.249 e. The van der Waals surface area contributed by atoms with Crippen molar-refractivity contribution in [1.82, 2.24) is 20.1 Å². The number of nitrogens with zero attached hydrogens (tertiary/aromatic N) is 5. The van der Waals surface area contributed by atoms with Crippen LogP contribution in [0.25, 0.3) is 0 Å². The van der Waals surface area contributed by atoms with Crippen LogP contribution < -0.4 is 10.2 Å². The largest absolute Gasteiger partial charge is 0.353 e. The monoisotopic (exact) mass is 362 g/mol. The Kier molecular flexibility index (Phi) is 4.54. The molecule has 1 N–H and O–H groups in total. The Morgan fingerprint density at radius 3 is 2.68 bits per heavy atom. The summed E-state index contributed by atoms with van der Waals surface area (Å²) in [5.41, 5.74) is 2.12. The minimum absolute atomic E-state index is 0.526. The van der Waals surface area contributed by atoms with E-state index in [0.717, 1.165) is 47.7 Å². The fourth-order valence-electron chi connectivity index (χ4n) is 2.39. The van der Waals surface area contributed by atoms with Crippen LogP contribution in [0.1, 0.15) is 5.56 Å². The first-order valence-electron chi connectivity index (χ1n) is 7.28. The topological polar surface area (TPSA) is 57.2 Å². The number of halogens is 1. The molecule has 22 heavy (non-hydrogen) atoms. The van der Waals surface area contributed by atoms with E-state index in [1.54, 1.807) is 6.20 Å². The Balaban J connectivity index is 1.74. The first-order chi connectivity index (χ1) is 10.6. The molecule has 1 aromatic carbocycles. The molecule has 1 aromatic heterocycles. The Bertz CT molecular complexity index is 654. The Morgan fingerprint density at radius 2 is 1.95 bits per heavy atom. The molecule has 0 aliphatic carbocycles. The van der Waals surface area contributed by atoms with E-state index in [-0.39, 0.29) is 0 Å². The Labute approximate surface area is 138 Å². The number of nitrogens with one attached hydrogen (secondary N) is 1. The summed E-state index contributed by atoms with van der Waals surface area (Å²) in [6.45, 7) is 6.06. The number of aromatic nitrogens is 3. The van der Waals surface area contributed by atoms with Crippen molar-refractivity contribution in [2.24, 2.45) is 0 Å². The predicted molar refractivity (Wildman–Crippen MR) is 91.7 cm³/mol. The summed E-state index contributed by atoms with van der Waals surface area (Å²) in [4.78, 5) is 9.14. The summed E-state index contributed by atoms with van der Waals surface area (Å²) >= 11 is 3.50. The average Bonchev–Trinajstić information content (AvgIpc) is 2.52. The van der Waals surface area contributed by atoms with Crippen molar-refractivity contribution >= 4 is 33.4 Å². The molecular weight excluding hydrogens is 344 g/mol. The van der Waals surface area contributed by atoms with Gasteiger partial charge in [-0.3, -0.25) is 0 Å². The fraction of sp³-hybridized carbons (Fsp3) is 0.400. The van der Waals surface area contributed by atoms with Crippen molar-refractivity contribution in [2.75, 3.05) is 43.4 Å². The van der Waals surface area contributed by atoms with Crippen LogP contribution in [0.3, 0.4) is 0 Å². The van der Waals surface area contributed by atoms with E-state index < -0.39 is 0 Å². The normalized spacial score (nSPS) is 15.9. The van der Waals surface area contributed by atoms with Crippen LogP contribution in [-0.4, -0.2) is 53.3 Å². The van der Waals surface area contributed by atoms with Crippen LogP contribution in [0.15, 0.2) is 28.9 Å². The van der Waals surface area contributed by atoms with Crippen LogP contribution in [-0.2, 0) is 0 Å². The van der Waals surface area contributed by atoms with Gasteiger partial charge in [0, 0.05) is 36.3 Å². The summed E-state index contributed by atoms with van der Waals surface area (Å²) < 4.78 is 1.09. The van der Waals surface area contributed by atoms with Crippen molar-refractivity contribution < 1.29 is 0 Å². The number of hydrogen-bond acceptors (Lipinski definition) is 6. The number of benzene rings is 1. The lowest BCUT2D eigenvalue weighted by Gasteiger charge is -2.32. The zero-order chi connectivity index (χ0) is 15.5. The quantitative estimate of drug-likeness (QED) is 0.904. The number of rotatable bonds is 3. The highest BCUT2D eigenvalue weighted by atomic mass is 79.9. The van der Waals surface area contributed by atoms with Gasteiger partial charge in [-0.2, -0.15) is 10.1 Å². The van der Waals surface area contributed by atoms with E-state index >= 15 is 0 Å². The summed E-state index contributed by atoms with van der Waals surface area (Å²) in [5, 5.41) is 11.4. The lowest BCUT2D eigenvalue weighted by atomic mass is 10.2. The van der Waals surface area contributed by atoms with Gasteiger partial charge in [0.2, 0.25) is 5.95 Å². The number of hydrogen-bond donors (Lipinski definition) is 1. The fourth-order valence-corrected chi connectivity index (χ4v) is 2.63. The van der Waals surface area contributed by atoms with Gasteiger partial charge in [0.15, 0.2) is 5.82 Å². The molecule has 0 saturated carbocycles. The van der Waals surface area contributed by atoms with Gasteiger partial charge in [-0.1, -0.05) is 15.9 Å². The van der Waals surface area contributed by atoms with Gasteiger partial charge < -0.3 is 15.1 Å². The van der Waals surface area contributed by atoms with Crippen LogP contribution in [0.4, 0.5) is 17.5 Å². The van der Waals surface area contributed by atoms with E-state index in [0.29, 0.717) is 5.95 Å². The molecule has 0 spiro atoms. The minimum atomic E-state index is 0.526. The molecule has 7 heteroatoms. The maximum absolute atomic E-state index is 4.58. The van der Waals surface area contributed by atoms with E-state index in [1.807, 2.05) is 12.1 Å². The van der Waals surface area contributed by atoms with Crippen molar-refractivity contribution in [1.29, 1.82) is 0 Å². The summed E-state index contributed by atoms with van der Waals surface area (Å²) in [5.74, 6) is 1.40. The maximum Gasteiger partial charge on any atom is 0.249 e. The van der Waals surface area contributed by atoms with Crippen LogP contribution in [0, 0.1) is 6.92 Å². The molecule has 2 aromatic rings. The Morgan fingerprint density at radius 1 is 1.18 bits per heavy atom. The zero-order valence-corrected chi connectivity index (χ0v) is 14.3. The van der Waals surface area contributed by atoms with Crippen molar-refractivity contribution in [3.8, 4) is 0 Å². The van der Waals surface area contributed by atoms with Gasteiger partial charge in [0.1, 0.15) is 0 Å². The molecule has 0 atom stereocenters. The lowest BCUT2D eigenvalue weighted by molar-refractivity contribution is 0.312. The number of aryl methyl sites for hydroxylation is 1. The highest BCUT2D eigenvalue weighted by Crippen LogP contribution is 2.22. The second-order valence-electron chi connectivity index (χ2n) is 5.52. The molecule has 6 nitrogen and oxygen atoms in total. The highest BCUT2D eigenvalue weighted by Gasteiger charge is 2.16. The molecule has 1 fully saturated rings. The summed E-state index contributed by atoms with van der Waals surface area (Å²) in [7, 11) is 2.14. The third-order valence-corrected chi connectivity index (χ3v) is 4.68. The molecule has 3 rings (SSSR count). The van der Waals surface area contributed by atoms with Crippen molar-refractivity contribution in [3.63, 3.8) is 0 Å². The first-order valence-corrected chi connectivity index (χ1v) is 8.07. The molecular formula is C15H19BrN6. The summed E-state index contributed by atoms with van der Waals surface area (Å²) in [6.07, 6.45) is 1.73. The van der Waals surface area contributed by atoms with Gasteiger partial charge >= 0.3 is 0 Å². The number of piperazine rings is 1. The van der Waals surface area contributed by atoms with Crippen molar-refractivity contribution in [2.45, 2.75) is 6.92 Å². The van der Waals surface area contributed by atoms with Gasteiger partial charge in [-0.05, 0) is 37.7 Å². The van der Waals surface area contributed by atoms with Crippen LogP contribution >= 0.6 is 15.9 Å². The second kappa shape index (κ2) is 6.58. The highest BCUT2D eigenvalue weighted by molar-refractivity contribution is 9.10. The SMILES string of the molecule is Cc1cc(Nc2nncc(N3CCN(C)CC3)n2)ccc1Br. The third kappa shape index (κ3) is 3.53. The number of likely N-dealkylation sites (N-methyl/N-ethyl adjacent to an activating group) is 1. The standard InChI is InChI=1S/C15H19BrN6/c1-11-9-12(3-4-13(11)16)18-15-19-14(10-17-20-15)22-7-5-21(2)6-8-22/h3-4,9-10H,5-8H2,1-2H3,(H,18,19,20). The molecule has 1 saturated heterocycles. The lowest BCUT2D eigenvalue weighted by Crippen LogP contribution is -2.44. The average molecular weight is 363 g/mol. The van der Waals surface area contributed by atoms with Gasteiger partial charge in [-0.25, -0.2) is 0 Å². The molecule has 2 heterocycles. The molecule has 116 valence electrons. The zero-order valence-electron chi connectivity index (χ0n) is 12.8. The second-order valence-corrected chi connectivity index (χ2v) is 6.37. The maximum atomic E-state index is 4.58. The van der Waals surface area contributed by atoms with Crippen LogP contribution in [0.2, 0.25) is 0 Å². The third-order valence-electron chi connectivity index (χ3n) is 3.79. The van der Waals surface area contributed by atoms with Crippen molar-refractivity contribution in [3.05, 3.63) is 34.4 Å².